The maximum Gasteiger partial charge on any atom is 0.137 e. The van der Waals surface area contributed by atoms with Crippen molar-refractivity contribution in [3.8, 4) is 0 Å². The van der Waals surface area contributed by atoms with Crippen LogP contribution < -0.4 is 0 Å². The molecule has 0 amide bonds. The highest BCUT2D eigenvalue weighted by molar-refractivity contribution is 5.78. The predicted molar refractivity (Wildman–Crippen MR) is 94.4 cm³/mol. The molecule has 0 aliphatic carbocycles. The Labute approximate surface area is 141 Å². The maximum absolute atomic E-state index is 14.3. The largest absolute Gasteiger partial charge is 0.464 e. The molecule has 2 heterocycles. The summed E-state index contributed by atoms with van der Waals surface area (Å²) >= 11 is 0. The van der Waals surface area contributed by atoms with Crippen LogP contribution in [0.25, 0.3) is 11.0 Å². The van der Waals surface area contributed by atoms with Crippen LogP contribution in [0.5, 0.6) is 0 Å². The van der Waals surface area contributed by atoms with Gasteiger partial charge in [0, 0.05) is 13.1 Å². The van der Waals surface area contributed by atoms with Crippen molar-refractivity contribution in [1.29, 1.82) is 0 Å². The lowest BCUT2D eigenvalue weighted by Crippen LogP contribution is -2.37. The third kappa shape index (κ3) is 2.96. The number of halogens is 1. The van der Waals surface area contributed by atoms with Gasteiger partial charge < -0.3 is 4.42 Å². The molecule has 1 saturated heterocycles. The Morgan fingerprint density at radius 3 is 2.79 bits per heavy atom. The van der Waals surface area contributed by atoms with Crippen LogP contribution in [0.1, 0.15) is 30.4 Å². The third-order valence-corrected chi connectivity index (χ3v) is 5.21. The van der Waals surface area contributed by atoms with Gasteiger partial charge in [0.1, 0.15) is 11.4 Å². The van der Waals surface area contributed by atoms with Crippen LogP contribution in [0.2, 0.25) is 0 Å². The molecule has 0 saturated carbocycles. The van der Waals surface area contributed by atoms with Gasteiger partial charge in [0.15, 0.2) is 0 Å². The van der Waals surface area contributed by atoms with E-state index < -0.39 is 0 Å². The summed E-state index contributed by atoms with van der Waals surface area (Å²) in [4.78, 5) is 2.50. The van der Waals surface area contributed by atoms with Crippen molar-refractivity contribution in [2.75, 3.05) is 13.1 Å². The Morgan fingerprint density at radius 2 is 2.00 bits per heavy atom. The highest BCUT2D eigenvalue weighted by Crippen LogP contribution is 2.35. The summed E-state index contributed by atoms with van der Waals surface area (Å²) in [5.74, 6) is 0.713. The second-order valence-electron chi connectivity index (χ2n) is 6.93. The zero-order valence-electron chi connectivity index (χ0n) is 13.9. The molecule has 4 rings (SSSR count). The molecule has 24 heavy (non-hydrogen) atoms. The van der Waals surface area contributed by atoms with Gasteiger partial charge in [-0.15, -0.1) is 0 Å². The van der Waals surface area contributed by atoms with Gasteiger partial charge in [-0.2, -0.15) is 0 Å². The summed E-state index contributed by atoms with van der Waals surface area (Å²) in [5, 5.41) is 0.577. The second kappa shape index (κ2) is 6.40. The van der Waals surface area contributed by atoms with E-state index >= 15 is 0 Å². The fourth-order valence-corrected chi connectivity index (χ4v) is 3.97. The first kappa shape index (κ1) is 15.4. The van der Waals surface area contributed by atoms with E-state index in [2.05, 4.69) is 42.2 Å². The molecule has 2 atom stereocenters. The number of nitrogens with zero attached hydrogens (tertiary/aromatic N) is 1. The lowest BCUT2D eigenvalue weighted by molar-refractivity contribution is 0.156. The standard InChI is InChI=1S/C21H22FNO/c1-15-13-23(14-16-5-3-2-4-6-16)9-7-18(15)17-11-20(22)19-8-10-24-21(19)12-17/h2-6,8,10-12,15,18H,7,9,13-14H2,1H3/t15-,18+/m0/s1. The Hall–Kier alpha value is -2.13. The van der Waals surface area contributed by atoms with Crippen molar-refractivity contribution < 1.29 is 8.81 Å². The molecule has 124 valence electrons. The van der Waals surface area contributed by atoms with Gasteiger partial charge >= 0.3 is 0 Å². The first-order valence-electron chi connectivity index (χ1n) is 8.63. The van der Waals surface area contributed by atoms with Crippen molar-refractivity contribution in [2.24, 2.45) is 5.92 Å². The first-order chi connectivity index (χ1) is 11.7. The average Bonchev–Trinajstić information content (AvgIpc) is 3.05. The normalized spacial score (nSPS) is 22.1. The summed E-state index contributed by atoms with van der Waals surface area (Å²) in [6, 6.07) is 16.0. The number of rotatable bonds is 3. The molecule has 0 spiro atoms. The van der Waals surface area contributed by atoms with Gasteiger partial charge in [-0.1, -0.05) is 37.3 Å². The van der Waals surface area contributed by atoms with Gasteiger partial charge in [0.2, 0.25) is 0 Å². The van der Waals surface area contributed by atoms with E-state index in [4.69, 9.17) is 4.42 Å². The quantitative estimate of drug-likeness (QED) is 0.659. The van der Waals surface area contributed by atoms with E-state index in [1.807, 2.05) is 6.07 Å². The van der Waals surface area contributed by atoms with Crippen molar-refractivity contribution in [2.45, 2.75) is 25.8 Å². The van der Waals surface area contributed by atoms with Crippen LogP contribution in [-0.2, 0) is 6.54 Å². The molecule has 1 fully saturated rings. The molecule has 1 aliphatic rings. The Kier molecular flexibility index (Phi) is 4.11. The number of hydrogen-bond donors (Lipinski definition) is 0. The molecule has 3 aromatic rings. The van der Waals surface area contributed by atoms with Crippen LogP contribution >= 0.6 is 0 Å². The van der Waals surface area contributed by atoms with Gasteiger partial charge in [-0.25, -0.2) is 4.39 Å². The van der Waals surface area contributed by atoms with E-state index in [-0.39, 0.29) is 5.82 Å². The number of hydrogen-bond acceptors (Lipinski definition) is 2. The summed E-state index contributed by atoms with van der Waals surface area (Å²) < 4.78 is 19.7. The van der Waals surface area contributed by atoms with Crippen LogP contribution in [0.3, 0.4) is 0 Å². The average molecular weight is 323 g/mol. The van der Waals surface area contributed by atoms with Gasteiger partial charge in [-0.05, 0) is 54.1 Å². The van der Waals surface area contributed by atoms with Crippen molar-refractivity contribution >= 4 is 11.0 Å². The highest BCUT2D eigenvalue weighted by Gasteiger charge is 2.28. The van der Waals surface area contributed by atoms with Crippen molar-refractivity contribution in [3.05, 3.63) is 71.7 Å². The molecule has 0 N–H and O–H groups in total. The molecule has 0 bridgehead atoms. The van der Waals surface area contributed by atoms with E-state index in [0.717, 1.165) is 31.6 Å². The zero-order chi connectivity index (χ0) is 16.5. The van der Waals surface area contributed by atoms with E-state index in [0.29, 0.717) is 22.8 Å². The van der Waals surface area contributed by atoms with Gasteiger partial charge in [-0.3, -0.25) is 4.90 Å². The van der Waals surface area contributed by atoms with Crippen LogP contribution in [-0.4, -0.2) is 18.0 Å². The summed E-state index contributed by atoms with van der Waals surface area (Å²) in [6.07, 6.45) is 2.61. The van der Waals surface area contributed by atoms with Crippen molar-refractivity contribution in [3.63, 3.8) is 0 Å². The topological polar surface area (TPSA) is 16.4 Å². The number of piperidine rings is 1. The molecule has 0 unspecified atom stereocenters. The fraction of sp³-hybridized carbons (Fsp3) is 0.333. The second-order valence-corrected chi connectivity index (χ2v) is 6.93. The lowest BCUT2D eigenvalue weighted by atomic mass is 9.81. The summed E-state index contributed by atoms with van der Waals surface area (Å²) in [5.41, 5.74) is 3.08. The first-order valence-corrected chi connectivity index (χ1v) is 8.63. The smallest absolute Gasteiger partial charge is 0.137 e. The number of fused-ring (bicyclic) bond motifs is 1. The molecular weight excluding hydrogens is 301 g/mol. The SMILES string of the molecule is C[C@H]1CN(Cc2ccccc2)CC[C@H]1c1cc(F)c2ccoc2c1. The van der Waals surface area contributed by atoms with E-state index in [9.17, 15) is 4.39 Å². The monoisotopic (exact) mass is 323 g/mol. The van der Waals surface area contributed by atoms with Crippen LogP contribution in [0.4, 0.5) is 4.39 Å². The minimum absolute atomic E-state index is 0.171. The molecule has 0 radical (unpaired) electrons. The molecule has 3 heteroatoms. The molecule has 1 aromatic heterocycles. The summed E-state index contributed by atoms with van der Waals surface area (Å²) in [6.45, 7) is 5.34. The maximum atomic E-state index is 14.3. The molecule has 1 aliphatic heterocycles. The van der Waals surface area contributed by atoms with Crippen LogP contribution in [0.15, 0.2) is 59.2 Å². The van der Waals surface area contributed by atoms with E-state index in [1.54, 1.807) is 18.4 Å². The zero-order valence-corrected chi connectivity index (χ0v) is 13.9. The highest BCUT2D eigenvalue weighted by atomic mass is 19.1. The third-order valence-electron chi connectivity index (χ3n) is 5.21. The Balaban J connectivity index is 1.50. The molecule has 2 aromatic carbocycles. The number of furan rings is 1. The lowest BCUT2D eigenvalue weighted by Gasteiger charge is -2.37. The van der Waals surface area contributed by atoms with E-state index in [1.165, 1.54) is 5.56 Å². The number of likely N-dealkylation sites (tertiary alicyclic amines) is 1. The Bertz CT molecular complexity index is 826. The minimum atomic E-state index is -0.171. The Morgan fingerprint density at radius 1 is 1.17 bits per heavy atom. The molecular formula is C21H22FNO. The van der Waals surface area contributed by atoms with Gasteiger partial charge in [0.25, 0.3) is 0 Å². The fourth-order valence-electron chi connectivity index (χ4n) is 3.97. The molecule has 2 nitrogen and oxygen atoms in total. The van der Waals surface area contributed by atoms with Crippen molar-refractivity contribution in [1.82, 2.24) is 4.90 Å². The summed E-state index contributed by atoms with van der Waals surface area (Å²) in [7, 11) is 0. The van der Waals surface area contributed by atoms with Crippen LogP contribution in [0, 0.1) is 11.7 Å². The predicted octanol–water partition coefficient (Wildman–Crippen LogP) is 5.20. The number of benzene rings is 2. The minimum Gasteiger partial charge on any atom is -0.464 e. The van der Waals surface area contributed by atoms with Gasteiger partial charge in [0.05, 0.1) is 11.6 Å².